The Kier molecular flexibility index (Phi) is 8.14. The summed E-state index contributed by atoms with van der Waals surface area (Å²) in [7, 11) is 0. The summed E-state index contributed by atoms with van der Waals surface area (Å²) in [6.45, 7) is 2.49. The Balaban J connectivity index is 3.44. The van der Waals surface area contributed by atoms with Gasteiger partial charge < -0.3 is 15.5 Å². The third-order valence-corrected chi connectivity index (χ3v) is 2.60. The van der Waals surface area contributed by atoms with Gasteiger partial charge >= 0.3 is 0 Å². The SMILES string of the molecule is CCNC(C#N)CSCC(O)CO. The average Bonchev–Trinajstić information content (AvgIpc) is 2.16. The number of aliphatic hydroxyl groups excluding tert-OH is 2. The largest absolute Gasteiger partial charge is 0.394 e. The molecule has 0 saturated heterocycles. The van der Waals surface area contributed by atoms with E-state index in [4.69, 9.17) is 15.5 Å². The van der Waals surface area contributed by atoms with Gasteiger partial charge in [0.15, 0.2) is 0 Å². The lowest BCUT2D eigenvalue weighted by Gasteiger charge is -2.10. The number of thioether (sulfide) groups is 1. The van der Waals surface area contributed by atoms with Crippen molar-refractivity contribution in [2.24, 2.45) is 0 Å². The second kappa shape index (κ2) is 8.32. The molecule has 2 unspecified atom stereocenters. The highest BCUT2D eigenvalue weighted by Crippen LogP contribution is 2.04. The maximum Gasteiger partial charge on any atom is 0.104 e. The van der Waals surface area contributed by atoms with Gasteiger partial charge in [0.2, 0.25) is 0 Å². The van der Waals surface area contributed by atoms with E-state index in [0.717, 1.165) is 6.54 Å². The van der Waals surface area contributed by atoms with E-state index < -0.39 is 6.10 Å². The second-order valence-electron chi connectivity index (χ2n) is 2.61. The summed E-state index contributed by atoms with van der Waals surface area (Å²) in [4.78, 5) is 0. The minimum absolute atomic E-state index is 0.166. The van der Waals surface area contributed by atoms with Gasteiger partial charge in [0.25, 0.3) is 0 Å². The molecule has 0 bridgehead atoms. The Labute approximate surface area is 82.9 Å². The third-order valence-electron chi connectivity index (χ3n) is 1.41. The molecule has 3 N–H and O–H groups in total. The quantitative estimate of drug-likeness (QED) is 0.525. The average molecular weight is 204 g/mol. The number of rotatable bonds is 7. The first kappa shape index (κ1) is 12.7. The molecule has 0 aliphatic heterocycles. The maximum absolute atomic E-state index is 9.00. The van der Waals surface area contributed by atoms with E-state index in [1.807, 2.05) is 6.92 Å². The molecule has 0 amide bonds. The number of nitrogens with zero attached hydrogens (tertiary/aromatic N) is 1. The van der Waals surface area contributed by atoms with E-state index in [9.17, 15) is 0 Å². The number of nitriles is 1. The molecule has 0 aromatic heterocycles. The van der Waals surface area contributed by atoms with E-state index in [2.05, 4.69) is 11.4 Å². The summed E-state index contributed by atoms with van der Waals surface area (Å²) >= 11 is 1.46. The highest BCUT2D eigenvalue weighted by Gasteiger charge is 2.07. The molecular weight excluding hydrogens is 188 g/mol. The van der Waals surface area contributed by atoms with Crippen LogP contribution in [0.3, 0.4) is 0 Å². The van der Waals surface area contributed by atoms with Crippen molar-refractivity contribution in [1.82, 2.24) is 5.32 Å². The molecule has 0 radical (unpaired) electrons. The Morgan fingerprint density at radius 2 is 2.23 bits per heavy atom. The first-order chi connectivity index (χ1) is 6.24. The van der Waals surface area contributed by atoms with Gasteiger partial charge in [-0.15, -0.1) is 0 Å². The van der Waals surface area contributed by atoms with Crippen LogP contribution in [0, 0.1) is 11.3 Å². The van der Waals surface area contributed by atoms with Gasteiger partial charge in [-0.1, -0.05) is 6.92 Å². The van der Waals surface area contributed by atoms with Crippen LogP contribution in [-0.2, 0) is 0 Å². The van der Waals surface area contributed by atoms with Crippen LogP contribution in [0.1, 0.15) is 6.92 Å². The standard InChI is InChI=1S/C8H16N2O2S/c1-2-10-7(3-9)5-13-6-8(12)4-11/h7-8,10-12H,2,4-6H2,1H3. The number of aliphatic hydroxyl groups is 2. The molecule has 76 valence electrons. The third kappa shape index (κ3) is 6.84. The minimum Gasteiger partial charge on any atom is -0.394 e. The molecule has 2 atom stereocenters. The van der Waals surface area contributed by atoms with E-state index in [1.165, 1.54) is 11.8 Å². The zero-order chi connectivity index (χ0) is 10.1. The summed E-state index contributed by atoms with van der Waals surface area (Å²) in [6, 6.07) is 1.95. The Hall–Kier alpha value is -0.280. The maximum atomic E-state index is 9.00. The van der Waals surface area contributed by atoms with Gasteiger partial charge in [0, 0.05) is 11.5 Å². The summed E-state index contributed by atoms with van der Waals surface area (Å²) in [6.07, 6.45) is -0.675. The van der Waals surface area contributed by atoms with Crippen LogP contribution in [0.2, 0.25) is 0 Å². The van der Waals surface area contributed by atoms with Crippen molar-refractivity contribution in [2.45, 2.75) is 19.1 Å². The van der Waals surface area contributed by atoms with E-state index in [0.29, 0.717) is 11.5 Å². The zero-order valence-electron chi connectivity index (χ0n) is 7.73. The fourth-order valence-electron chi connectivity index (χ4n) is 0.763. The van der Waals surface area contributed by atoms with Crippen LogP contribution in [0.15, 0.2) is 0 Å². The van der Waals surface area contributed by atoms with Crippen LogP contribution >= 0.6 is 11.8 Å². The van der Waals surface area contributed by atoms with Gasteiger partial charge in [0.05, 0.1) is 18.8 Å². The highest BCUT2D eigenvalue weighted by atomic mass is 32.2. The molecule has 0 aromatic rings. The van der Waals surface area contributed by atoms with Crippen molar-refractivity contribution >= 4 is 11.8 Å². The van der Waals surface area contributed by atoms with Crippen molar-refractivity contribution in [2.75, 3.05) is 24.7 Å². The molecule has 4 nitrogen and oxygen atoms in total. The fraction of sp³-hybridized carbons (Fsp3) is 0.875. The molecule has 5 heteroatoms. The monoisotopic (exact) mass is 204 g/mol. The van der Waals surface area contributed by atoms with Crippen LogP contribution < -0.4 is 5.32 Å². The van der Waals surface area contributed by atoms with E-state index >= 15 is 0 Å². The van der Waals surface area contributed by atoms with E-state index in [-0.39, 0.29) is 12.6 Å². The fourth-order valence-corrected chi connectivity index (χ4v) is 1.70. The van der Waals surface area contributed by atoms with Gasteiger partial charge in [-0.3, -0.25) is 0 Å². The van der Waals surface area contributed by atoms with Crippen LogP contribution in [0.25, 0.3) is 0 Å². The molecule has 0 heterocycles. The second-order valence-corrected chi connectivity index (χ2v) is 3.69. The predicted molar refractivity (Wildman–Crippen MR) is 53.5 cm³/mol. The summed E-state index contributed by atoms with van der Waals surface area (Å²) in [5, 5.41) is 29.2. The predicted octanol–water partition coefficient (Wildman–Crippen LogP) is -0.426. The molecule has 13 heavy (non-hydrogen) atoms. The Morgan fingerprint density at radius 3 is 2.69 bits per heavy atom. The summed E-state index contributed by atoms with van der Waals surface area (Å²) < 4.78 is 0. The molecule has 0 aliphatic carbocycles. The first-order valence-electron chi connectivity index (χ1n) is 4.24. The van der Waals surface area contributed by atoms with Crippen molar-refractivity contribution in [3.05, 3.63) is 0 Å². The topological polar surface area (TPSA) is 76.3 Å². The molecule has 0 fully saturated rings. The van der Waals surface area contributed by atoms with E-state index in [1.54, 1.807) is 0 Å². The zero-order valence-corrected chi connectivity index (χ0v) is 8.55. The van der Waals surface area contributed by atoms with Crippen LogP contribution in [-0.4, -0.2) is 47.0 Å². The molecule has 0 spiro atoms. The van der Waals surface area contributed by atoms with Gasteiger partial charge in [-0.05, 0) is 6.54 Å². The van der Waals surface area contributed by atoms with Gasteiger partial charge in [0.1, 0.15) is 6.04 Å². The van der Waals surface area contributed by atoms with Gasteiger partial charge in [-0.2, -0.15) is 17.0 Å². The van der Waals surface area contributed by atoms with Crippen molar-refractivity contribution in [1.29, 1.82) is 5.26 Å². The summed E-state index contributed by atoms with van der Waals surface area (Å²) in [5.74, 6) is 1.11. The van der Waals surface area contributed by atoms with Crippen LogP contribution in [0.5, 0.6) is 0 Å². The number of hydrogen-bond donors (Lipinski definition) is 3. The van der Waals surface area contributed by atoms with Gasteiger partial charge in [-0.25, -0.2) is 0 Å². The number of hydrogen-bond acceptors (Lipinski definition) is 5. The Morgan fingerprint density at radius 1 is 1.54 bits per heavy atom. The molecule has 0 rings (SSSR count). The lowest BCUT2D eigenvalue weighted by atomic mass is 10.4. The van der Waals surface area contributed by atoms with Crippen molar-refractivity contribution in [3.63, 3.8) is 0 Å². The Bertz CT molecular complexity index is 161. The molecular formula is C8H16N2O2S. The van der Waals surface area contributed by atoms with Crippen LogP contribution in [0.4, 0.5) is 0 Å². The molecule has 0 saturated carbocycles. The molecule has 0 aliphatic rings. The smallest absolute Gasteiger partial charge is 0.104 e. The normalized spacial score (nSPS) is 14.9. The number of nitrogens with one attached hydrogen (secondary N) is 1. The highest BCUT2D eigenvalue weighted by molar-refractivity contribution is 7.99. The summed E-state index contributed by atoms with van der Waals surface area (Å²) in [5.41, 5.74) is 0. The lowest BCUT2D eigenvalue weighted by Crippen LogP contribution is -2.30. The molecule has 0 aromatic carbocycles. The lowest BCUT2D eigenvalue weighted by molar-refractivity contribution is 0.113. The van der Waals surface area contributed by atoms with Crippen molar-refractivity contribution < 1.29 is 10.2 Å². The minimum atomic E-state index is -0.675. The first-order valence-corrected chi connectivity index (χ1v) is 5.39. The van der Waals surface area contributed by atoms with Crippen molar-refractivity contribution in [3.8, 4) is 6.07 Å².